The second kappa shape index (κ2) is 5.89. The highest BCUT2D eigenvalue weighted by Gasteiger charge is 2.61. The minimum Gasteiger partial charge on any atom is -0.346 e. The lowest BCUT2D eigenvalue weighted by molar-refractivity contribution is -0.0749. The number of halogens is 1. The van der Waals surface area contributed by atoms with Crippen LogP contribution < -0.4 is 11.2 Å². The van der Waals surface area contributed by atoms with Crippen LogP contribution in [0, 0.1) is 0 Å². The lowest BCUT2D eigenvalue weighted by Crippen LogP contribution is -2.46. The van der Waals surface area contributed by atoms with Crippen LogP contribution in [0.25, 0.3) is 0 Å². The lowest BCUT2D eigenvalue weighted by atomic mass is 9.98. The van der Waals surface area contributed by atoms with E-state index in [1.165, 1.54) is 6.92 Å². The van der Waals surface area contributed by atoms with Gasteiger partial charge < -0.3 is 4.74 Å². The maximum Gasteiger partial charge on any atom is 0.475 e. The molecule has 3 heterocycles. The van der Waals surface area contributed by atoms with Gasteiger partial charge in [-0.2, -0.15) is 0 Å². The molecule has 1 N–H and O–H groups in total. The molecule has 11 heteroatoms. The molecule has 2 fully saturated rings. The fourth-order valence-electron chi connectivity index (χ4n) is 2.77. The molecule has 0 radical (unpaired) electrons. The molecular weight excluding hydrogens is 346 g/mol. The monoisotopic (exact) mass is 364 g/mol. The number of nitrogens with zero attached hydrogens (tertiary/aromatic N) is 1. The van der Waals surface area contributed by atoms with Crippen LogP contribution in [-0.4, -0.2) is 40.1 Å². The number of hydrogen-bond acceptors (Lipinski definition) is 7. The van der Waals surface area contributed by atoms with Gasteiger partial charge in [-0.05, 0) is 20.8 Å². The average Bonchev–Trinajstić information content (AvgIpc) is 2.69. The molecule has 0 saturated carbocycles. The summed E-state index contributed by atoms with van der Waals surface area (Å²) in [5, 5.41) is 0. The number of hydrogen-bond donors (Lipinski definition) is 1. The standard InChI is InChI=1S/C13H18FN2O7P/c1-7(2)22-24(19)20-6-8-10(23-24)13(3,14)11(21-8)16-5-4-9(17)15-12(16)18/h4-5,7-8,10-11H,6H2,1-3H3,(H,15,17,18). The number of phosphoric acid groups is 1. The van der Waals surface area contributed by atoms with E-state index in [0.717, 1.165) is 16.8 Å². The molecule has 0 spiro atoms. The van der Waals surface area contributed by atoms with E-state index < -0.39 is 49.3 Å². The molecule has 5 unspecified atom stereocenters. The number of aromatic nitrogens is 2. The summed E-state index contributed by atoms with van der Waals surface area (Å²) >= 11 is 0. The van der Waals surface area contributed by atoms with E-state index in [-0.39, 0.29) is 6.61 Å². The van der Waals surface area contributed by atoms with Gasteiger partial charge in [-0.25, -0.2) is 13.8 Å². The number of rotatable bonds is 3. The zero-order valence-electron chi connectivity index (χ0n) is 13.3. The Morgan fingerprint density at radius 3 is 2.83 bits per heavy atom. The number of ether oxygens (including phenoxy) is 1. The van der Waals surface area contributed by atoms with Gasteiger partial charge in [0, 0.05) is 12.3 Å². The quantitative estimate of drug-likeness (QED) is 0.800. The van der Waals surface area contributed by atoms with Crippen molar-refractivity contribution in [2.45, 2.75) is 51.0 Å². The third kappa shape index (κ3) is 3.00. The van der Waals surface area contributed by atoms with Crippen molar-refractivity contribution in [1.29, 1.82) is 0 Å². The molecule has 0 aromatic carbocycles. The van der Waals surface area contributed by atoms with Gasteiger partial charge >= 0.3 is 13.5 Å². The minimum absolute atomic E-state index is 0.206. The molecule has 2 aliphatic heterocycles. The third-order valence-corrected chi connectivity index (χ3v) is 5.39. The van der Waals surface area contributed by atoms with Gasteiger partial charge in [-0.1, -0.05) is 0 Å². The number of nitrogens with one attached hydrogen (secondary N) is 1. The summed E-state index contributed by atoms with van der Waals surface area (Å²) in [7, 11) is -3.92. The first-order valence-electron chi connectivity index (χ1n) is 7.39. The molecule has 2 aliphatic rings. The summed E-state index contributed by atoms with van der Waals surface area (Å²) in [6.45, 7) is 4.25. The van der Waals surface area contributed by atoms with Crippen molar-refractivity contribution < 1.29 is 27.3 Å². The second-order valence-electron chi connectivity index (χ2n) is 6.12. The van der Waals surface area contributed by atoms with Crippen molar-refractivity contribution in [3.8, 4) is 0 Å². The van der Waals surface area contributed by atoms with E-state index in [4.69, 9.17) is 18.3 Å². The lowest BCUT2D eigenvalue weighted by Gasteiger charge is -2.34. The van der Waals surface area contributed by atoms with Gasteiger partial charge in [-0.15, -0.1) is 0 Å². The van der Waals surface area contributed by atoms with Crippen LogP contribution in [0.4, 0.5) is 4.39 Å². The van der Waals surface area contributed by atoms with Crippen LogP contribution in [0.3, 0.4) is 0 Å². The number of aromatic amines is 1. The van der Waals surface area contributed by atoms with Crippen LogP contribution in [0.1, 0.15) is 27.0 Å². The Hall–Kier alpha value is -1.32. The fraction of sp³-hybridized carbons (Fsp3) is 0.692. The highest BCUT2D eigenvalue weighted by atomic mass is 31.2. The Labute approximate surface area is 136 Å². The Morgan fingerprint density at radius 1 is 1.50 bits per heavy atom. The first kappa shape index (κ1) is 17.5. The number of alkyl halides is 1. The van der Waals surface area contributed by atoms with Crippen LogP contribution in [0.2, 0.25) is 0 Å². The van der Waals surface area contributed by atoms with E-state index >= 15 is 4.39 Å². The third-order valence-electron chi connectivity index (χ3n) is 3.76. The zero-order chi connectivity index (χ0) is 17.7. The van der Waals surface area contributed by atoms with Gasteiger partial charge in [-0.3, -0.25) is 27.9 Å². The molecule has 0 bridgehead atoms. The van der Waals surface area contributed by atoms with E-state index in [1.807, 2.05) is 4.98 Å². The molecule has 2 saturated heterocycles. The predicted octanol–water partition coefficient (Wildman–Crippen LogP) is 1.11. The van der Waals surface area contributed by atoms with Crippen LogP contribution >= 0.6 is 7.82 Å². The van der Waals surface area contributed by atoms with E-state index in [9.17, 15) is 14.2 Å². The number of phosphoric ester groups is 1. The SMILES string of the molecule is CC(C)OP1(=O)OCC2OC(n3ccc(=O)[nH]c3=O)C(C)(F)C2O1. The summed E-state index contributed by atoms with van der Waals surface area (Å²) in [6.07, 6.45) is -2.81. The van der Waals surface area contributed by atoms with Gasteiger partial charge in [0.2, 0.25) is 0 Å². The summed E-state index contributed by atoms with van der Waals surface area (Å²) in [4.78, 5) is 25.1. The van der Waals surface area contributed by atoms with E-state index in [1.54, 1.807) is 13.8 Å². The Balaban J connectivity index is 1.91. The molecule has 0 aliphatic carbocycles. The molecule has 1 aromatic rings. The van der Waals surface area contributed by atoms with Gasteiger partial charge in [0.05, 0.1) is 12.7 Å². The first-order chi connectivity index (χ1) is 11.1. The van der Waals surface area contributed by atoms with E-state index in [2.05, 4.69) is 0 Å². The zero-order valence-corrected chi connectivity index (χ0v) is 14.2. The number of fused-ring (bicyclic) bond motifs is 1. The predicted molar refractivity (Wildman–Crippen MR) is 79.4 cm³/mol. The van der Waals surface area contributed by atoms with Crippen molar-refractivity contribution in [1.82, 2.24) is 9.55 Å². The van der Waals surface area contributed by atoms with Gasteiger partial charge in [0.15, 0.2) is 11.9 Å². The largest absolute Gasteiger partial charge is 0.475 e. The van der Waals surface area contributed by atoms with Crippen molar-refractivity contribution >= 4 is 7.82 Å². The maximum atomic E-state index is 15.3. The molecule has 1 aromatic heterocycles. The first-order valence-corrected chi connectivity index (χ1v) is 8.86. The molecule has 134 valence electrons. The van der Waals surface area contributed by atoms with Gasteiger partial charge in [0.1, 0.15) is 12.2 Å². The maximum absolute atomic E-state index is 15.3. The van der Waals surface area contributed by atoms with Crippen LogP contribution in [-0.2, 0) is 22.9 Å². The smallest absolute Gasteiger partial charge is 0.346 e. The van der Waals surface area contributed by atoms with Crippen LogP contribution in [0.15, 0.2) is 21.9 Å². The summed E-state index contributed by atoms with van der Waals surface area (Å²) in [5.41, 5.74) is -3.63. The summed E-state index contributed by atoms with van der Waals surface area (Å²) in [5.74, 6) is 0. The van der Waals surface area contributed by atoms with Crippen molar-refractivity contribution in [3.05, 3.63) is 33.1 Å². The van der Waals surface area contributed by atoms with Crippen molar-refractivity contribution in [2.24, 2.45) is 0 Å². The highest BCUT2D eigenvalue weighted by molar-refractivity contribution is 7.48. The molecule has 24 heavy (non-hydrogen) atoms. The van der Waals surface area contributed by atoms with Crippen molar-refractivity contribution in [2.75, 3.05) is 6.61 Å². The highest BCUT2D eigenvalue weighted by Crippen LogP contribution is 2.59. The summed E-state index contributed by atoms with van der Waals surface area (Å²) in [6, 6.07) is 1.08. The molecular formula is C13H18FN2O7P. The van der Waals surface area contributed by atoms with E-state index in [0.29, 0.717) is 0 Å². The summed E-state index contributed by atoms with van der Waals surface area (Å²) < 4.78 is 49.7. The normalized spacial score (nSPS) is 39.1. The van der Waals surface area contributed by atoms with Gasteiger partial charge in [0.25, 0.3) is 5.56 Å². The molecule has 9 nitrogen and oxygen atoms in total. The number of H-pyrrole nitrogens is 1. The molecule has 5 atom stereocenters. The van der Waals surface area contributed by atoms with Crippen LogP contribution in [0.5, 0.6) is 0 Å². The minimum atomic E-state index is -3.92. The Morgan fingerprint density at radius 2 is 2.21 bits per heavy atom. The Bertz CT molecular complexity index is 789. The topological polar surface area (TPSA) is 109 Å². The molecule has 3 rings (SSSR count). The Kier molecular flexibility index (Phi) is 4.29. The molecule has 0 amide bonds. The fourth-order valence-corrected chi connectivity index (χ4v) is 4.41. The van der Waals surface area contributed by atoms with Crippen molar-refractivity contribution in [3.63, 3.8) is 0 Å². The average molecular weight is 364 g/mol. The second-order valence-corrected chi connectivity index (χ2v) is 7.69.